The summed E-state index contributed by atoms with van der Waals surface area (Å²) in [6.45, 7) is 2.41. The van der Waals surface area contributed by atoms with Crippen LogP contribution in [0.5, 0.6) is 0 Å². The Morgan fingerprint density at radius 3 is 2.83 bits per heavy atom. The van der Waals surface area contributed by atoms with Crippen molar-refractivity contribution in [2.24, 2.45) is 0 Å². The van der Waals surface area contributed by atoms with E-state index in [-0.39, 0.29) is 11.5 Å². The number of nitrogens with zero attached hydrogens (tertiary/aromatic N) is 4. The van der Waals surface area contributed by atoms with Gasteiger partial charge < -0.3 is 5.32 Å². The summed E-state index contributed by atoms with van der Waals surface area (Å²) in [5.74, 6) is -0.216. The Kier molecular flexibility index (Phi) is 4.09. The topological polar surface area (TPSA) is 89.8 Å². The van der Waals surface area contributed by atoms with Crippen molar-refractivity contribution in [2.45, 2.75) is 13.5 Å². The van der Waals surface area contributed by atoms with Crippen molar-refractivity contribution in [1.29, 1.82) is 0 Å². The summed E-state index contributed by atoms with van der Waals surface area (Å²) in [4.78, 5) is 36.3. The SMILES string of the molecule is Cc1cncn(CCNC(=O)c2ccc3nccnc3c2)c1=O. The van der Waals surface area contributed by atoms with Crippen LogP contribution in [0.4, 0.5) is 0 Å². The molecule has 0 aliphatic rings. The Bertz CT molecular complexity index is 919. The molecule has 116 valence electrons. The van der Waals surface area contributed by atoms with Crippen LogP contribution < -0.4 is 10.9 Å². The van der Waals surface area contributed by atoms with Crippen LogP contribution in [0.1, 0.15) is 15.9 Å². The molecule has 0 aliphatic heterocycles. The van der Waals surface area contributed by atoms with E-state index in [1.807, 2.05) is 0 Å². The number of carbonyl (C=O) groups excluding carboxylic acids is 1. The zero-order chi connectivity index (χ0) is 16.2. The summed E-state index contributed by atoms with van der Waals surface area (Å²) in [7, 11) is 0. The lowest BCUT2D eigenvalue weighted by atomic mass is 10.2. The maximum atomic E-state index is 12.2. The van der Waals surface area contributed by atoms with E-state index < -0.39 is 0 Å². The second-order valence-corrected chi connectivity index (χ2v) is 5.09. The zero-order valence-corrected chi connectivity index (χ0v) is 12.6. The Labute approximate surface area is 132 Å². The largest absolute Gasteiger partial charge is 0.350 e. The minimum absolute atomic E-state index is 0.102. The molecule has 23 heavy (non-hydrogen) atoms. The van der Waals surface area contributed by atoms with Gasteiger partial charge in [0.15, 0.2) is 0 Å². The van der Waals surface area contributed by atoms with Gasteiger partial charge in [-0.15, -0.1) is 0 Å². The predicted octanol–water partition coefficient (Wildman–Crippen LogP) is 0.925. The molecule has 7 heteroatoms. The molecule has 0 bridgehead atoms. The van der Waals surface area contributed by atoms with E-state index in [0.29, 0.717) is 29.7 Å². The maximum Gasteiger partial charge on any atom is 0.256 e. The first-order valence-electron chi connectivity index (χ1n) is 7.15. The highest BCUT2D eigenvalue weighted by Crippen LogP contribution is 2.10. The fourth-order valence-corrected chi connectivity index (χ4v) is 2.22. The lowest BCUT2D eigenvalue weighted by Gasteiger charge is -2.08. The molecular weight excluding hydrogens is 294 g/mol. The molecule has 1 N–H and O–H groups in total. The molecule has 0 saturated carbocycles. The molecule has 0 radical (unpaired) electrons. The molecule has 0 saturated heterocycles. The van der Waals surface area contributed by atoms with E-state index in [4.69, 9.17) is 0 Å². The van der Waals surface area contributed by atoms with Gasteiger partial charge in [0.1, 0.15) is 0 Å². The summed E-state index contributed by atoms with van der Waals surface area (Å²) in [6.07, 6.45) is 6.18. The molecule has 0 aliphatic carbocycles. The lowest BCUT2D eigenvalue weighted by Crippen LogP contribution is -2.31. The van der Waals surface area contributed by atoms with Crippen molar-refractivity contribution in [3.63, 3.8) is 0 Å². The van der Waals surface area contributed by atoms with E-state index in [1.54, 1.807) is 37.5 Å². The standard InChI is InChI=1S/C16H15N5O2/c1-11-9-17-10-21(16(11)23)7-6-20-15(22)12-2-3-13-14(8-12)19-5-4-18-13/h2-5,8-10H,6-7H2,1H3,(H,20,22). The van der Waals surface area contributed by atoms with Crippen LogP contribution in [0.3, 0.4) is 0 Å². The van der Waals surface area contributed by atoms with E-state index in [9.17, 15) is 9.59 Å². The van der Waals surface area contributed by atoms with Gasteiger partial charge in [0, 0.05) is 42.8 Å². The van der Waals surface area contributed by atoms with Gasteiger partial charge >= 0.3 is 0 Å². The number of rotatable bonds is 4. The molecule has 7 nitrogen and oxygen atoms in total. The zero-order valence-electron chi connectivity index (χ0n) is 12.6. The number of amides is 1. The summed E-state index contributed by atoms with van der Waals surface area (Å²) in [5.41, 5.74) is 2.38. The number of nitrogens with one attached hydrogen (secondary N) is 1. The number of aromatic nitrogens is 4. The highest BCUT2D eigenvalue weighted by Gasteiger charge is 2.07. The minimum atomic E-state index is -0.216. The van der Waals surface area contributed by atoms with Crippen molar-refractivity contribution < 1.29 is 4.79 Å². The average molecular weight is 309 g/mol. The van der Waals surface area contributed by atoms with Gasteiger partial charge in [0.05, 0.1) is 17.4 Å². The Balaban J connectivity index is 1.66. The van der Waals surface area contributed by atoms with Crippen molar-refractivity contribution in [3.8, 4) is 0 Å². The molecule has 2 aromatic heterocycles. The average Bonchev–Trinajstić information content (AvgIpc) is 2.58. The molecule has 1 amide bonds. The molecule has 3 rings (SSSR count). The number of hydrogen-bond donors (Lipinski definition) is 1. The second kappa shape index (κ2) is 6.35. The van der Waals surface area contributed by atoms with Gasteiger partial charge in [-0.3, -0.25) is 24.1 Å². The van der Waals surface area contributed by atoms with Crippen LogP contribution in [-0.2, 0) is 6.54 Å². The van der Waals surface area contributed by atoms with Gasteiger partial charge in [-0.25, -0.2) is 4.98 Å². The summed E-state index contributed by atoms with van der Waals surface area (Å²) < 4.78 is 1.47. The predicted molar refractivity (Wildman–Crippen MR) is 85.1 cm³/mol. The van der Waals surface area contributed by atoms with Crippen molar-refractivity contribution in [3.05, 3.63) is 64.6 Å². The van der Waals surface area contributed by atoms with Crippen LogP contribution in [0.25, 0.3) is 11.0 Å². The third-order valence-corrected chi connectivity index (χ3v) is 3.44. The molecule has 0 atom stereocenters. The number of benzene rings is 1. The Morgan fingerprint density at radius 1 is 1.22 bits per heavy atom. The van der Waals surface area contributed by atoms with Gasteiger partial charge in [0.25, 0.3) is 11.5 Å². The number of fused-ring (bicyclic) bond motifs is 1. The third kappa shape index (κ3) is 3.23. The first kappa shape index (κ1) is 14.8. The van der Waals surface area contributed by atoms with Crippen LogP contribution in [-0.4, -0.2) is 32.0 Å². The summed E-state index contributed by atoms with van der Waals surface area (Å²) in [6, 6.07) is 5.15. The molecule has 2 heterocycles. The number of hydrogen-bond acceptors (Lipinski definition) is 5. The van der Waals surface area contributed by atoms with E-state index >= 15 is 0 Å². The van der Waals surface area contributed by atoms with Crippen molar-refractivity contribution >= 4 is 16.9 Å². The van der Waals surface area contributed by atoms with Crippen LogP contribution in [0.15, 0.2) is 47.9 Å². The van der Waals surface area contributed by atoms with Gasteiger partial charge in [0.2, 0.25) is 0 Å². The van der Waals surface area contributed by atoms with Crippen LogP contribution in [0, 0.1) is 6.92 Å². The molecular formula is C16H15N5O2. The molecule has 0 spiro atoms. The number of carbonyl (C=O) groups is 1. The highest BCUT2D eigenvalue weighted by molar-refractivity contribution is 5.97. The van der Waals surface area contributed by atoms with Crippen LogP contribution in [0.2, 0.25) is 0 Å². The lowest BCUT2D eigenvalue weighted by molar-refractivity contribution is 0.0952. The summed E-state index contributed by atoms with van der Waals surface area (Å²) >= 11 is 0. The van der Waals surface area contributed by atoms with Crippen LogP contribution >= 0.6 is 0 Å². The van der Waals surface area contributed by atoms with E-state index in [1.165, 1.54) is 17.1 Å². The van der Waals surface area contributed by atoms with Crippen molar-refractivity contribution in [1.82, 2.24) is 24.8 Å². The van der Waals surface area contributed by atoms with Crippen molar-refractivity contribution in [2.75, 3.05) is 6.54 Å². The smallest absolute Gasteiger partial charge is 0.256 e. The molecule has 0 fully saturated rings. The maximum absolute atomic E-state index is 12.2. The van der Waals surface area contributed by atoms with Gasteiger partial charge in [-0.2, -0.15) is 0 Å². The third-order valence-electron chi connectivity index (χ3n) is 3.44. The van der Waals surface area contributed by atoms with Gasteiger partial charge in [-0.1, -0.05) is 0 Å². The second-order valence-electron chi connectivity index (χ2n) is 5.09. The molecule has 1 aromatic carbocycles. The monoisotopic (exact) mass is 309 g/mol. The Morgan fingerprint density at radius 2 is 2.00 bits per heavy atom. The summed E-state index contributed by atoms with van der Waals surface area (Å²) in [5, 5.41) is 2.78. The number of aryl methyl sites for hydroxylation is 1. The van der Waals surface area contributed by atoms with E-state index in [0.717, 1.165) is 5.52 Å². The van der Waals surface area contributed by atoms with E-state index in [2.05, 4.69) is 20.3 Å². The fourth-order valence-electron chi connectivity index (χ4n) is 2.22. The minimum Gasteiger partial charge on any atom is -0.350 e. The first-order valence-corrected chi connectivity index (χ1v) is 7.15. The normalized spacial score (nSPS) is 10.7. The fraction of sp³-hybridized carbons (Fsp3) is 0.188. The Hall–Kier alpha value is -3.09. The van der Waals surface area contributed by atoms with Gasteiger partial charge in [-0.05, 0) is 25.1 Å². The molecule has 0 unspecified atom stereocenters. The molecule has 3 aromatic rings. The first-order chi connectivity index (χ1) is 11.1. The highest BCUT2D eigenvalue weighted by atomic mass is 16.1. The quantitative estimate of drug-likeness (QED) is 0.774.